The van der Waals surface area contributed by atoms with Gasteiger partial charge in [0.25, 0.3) is 0 Å². The number of thioether (sulfide) groups is 1. The molecule has 0 aliphatic heterocycles. The molecule has 2 aromatic carbocycles. The molecule has 1 unspecified atom stereocenters. The van der Waals surface area contributed by atoms with Crippen molar-refractivity contribution in [3.8, 4) is 11.5 Å². The molecule has 0 bridgehead atoms. The molecule has 0 radical (unpaired) electrons. The number of nitrogens with one attached hydrogen (secondary N) is 2. The summed E-state index contributed by atoms with van der Waals surface area (Å²) in [5.74, 6) is 0.753. The van der Waals surface area contributed by atoms with Crippen LogP contribution >= 0.6 is 23.4 Å². The Kier molecular flexibility index (Phi) is 7.82. The van der Waals surface area contributed by atoms with E-state index in [-0.39, 0.29) is 17.6 Å². The number of para-hydroxylation sites is 2. The van der Waals surface area contributed by atoms with Crippen LogP contribution in [-0.4, -0.2) is 37.0 Å². The van der Waals surface area contributed by atoms with Crippen molar-refractivity contribution in [3.05, 3.63) is 47.5 Å². The minimum atomic E-state index is -0.447. The van der Waals surface area contributed by atoms with E-state index in [0.717, 1.165) is 0 Å². The lowest BCUT2D eigenvalue weighted by atomic mass is 10.3. The van der Waals surface area contributed by atoms with Gasteiger partial charge in [0, 0.05) is 5.02 Å². The summed E-state index contributed by atoms with van der Waals surface area (Å²) >= 11 is 7.19. The van der Waals surface area contributed by atoms with Gasteiger partial charge in [0.15, 0.2) is 0 Å². The van der Waals surface area contributed by atoms with Crippen LogP contribution in [0.1, 0.15) is 6.92 Å². The Morgan fingerprint density at radius 2 is 1.70 bits per heavy atom. The SMILES string of the molecule is COc1ccccc1NC(=O)CSC(C)C(=O)Nc1cc(Cl)ccc1OC. The summed E-state index contributed by atoms with van der Waals surface area (Å²) < 4.78 is 10.4. The van der Waals surface area contributed by atoms with Crippen LogP contribution in [0.2, 0.25) is 5.02 Å². The molecule has 0 aromatic heterocycles. The lowest BCUT2D eigenvalue weighted by Gasteiger charge is -2.15. The van der Waals surface area contributed by atoms with Gasteiger partial charge in [0.2, 0.25) is 11.8 Å². The van der Waals surface area contributed by atoms with Crippen molar-refractivity contribution in [1.29, 1.82) is 0 Å². The maximum atomic E-state index is 12.4. The van der Waals surface area contributed by atoms with Gasteiger partial charge < -0.3 is 20.1 Å². The normalized spacial score (nSPS) is 11.4. The maximum Gasteiger partial charge on any atom is 0.237 e. The lowest BCUT2D eigenvalue weighted by Crippen LogP contribution is -2.25. The van der Waals surface area contributed by atoms with E-state index < -0.39 is 5.25 Å². The summed E-state index contributed by atoms with van der Waals surface area (Å²) in [5, 5.41) is 5.59. The van der Waals surface area contributed by atoms with Gasteiger partial charge >= 0.3 is 0 Å². The minimum Gasteiger partial charge on any atom is -0.495 e. The summed E-state index contributed by atoms with van der Waals surface area (Å²) in [6.07, 6.45) is 0. The van der Waals surface area contributed by atoms with Crippen LogP contribution in [0.4, 0.5) is 11.4 Å². The number of halogens is 1. The molecule has 2 aromatic rings. The van der Waals surface area contributed by atoms with E-state index in [1.165, 1.54) is 26.0 Å². The fourth-order valence-corrected chi connectivity index (χ4v) is 3.08. The van der Waals surface area contributed by atoms with E-state index in [1.807, 2.05) is 6.07 Å². The number of methoxy groups -OCH3 is 2. The average molecular weight is 409 g/mol. The van der Waals surface area contributed by atoms with E-state index >= 15 is 0 Å². The first-order chi connectivity index (χ1) is 12.9. The highest BCUT2D eigenvalue weighted by molar-refractivity contribution is 8.01. The Hall–Kier alpha value is -2.38. The van der Waals surface area contributed by atoms with Gasteiger partial charge in [-0.1, -0.05) is 23.7 Å². The van der Waals surface area contributed by atoms with Crippen LogP contribution in [-0.2, 0) is 9.59 Å². The first kappa shape index (κ1) is 20.9. The smallest absolute Gasteiger partial charge is 0.237 e. The van der Waals surface area contributed by atoms with E-state index in [1.54, 1.807) is 43.3 Å². The molecule has 27 heavy (non-hydrogen) atoms. The number of anilines is 2. The molecule has 0 spiro atoms. The zero-order valence-corrected chi connectivity index (χ0v) is 16.8. The van der Waals surface area contributed by atoms with E-state index in [2.05, 4.69) is 10.6 Å². The van der Waals surface area contributed by atoms with Gasteiger partial charge in [-0.25, -0.2) is 0 Å². The number of carbonyl (C=O) groups excluding carboxylic acids is 2. The van der Waals surface area contributed by atoms with Gasteiger partial charge in [0.1, 0.15) is 11.5 Å². The predicted octanol–water partition coefficient (Wildman–Crippen LogP) is 4.06. The summed E-state index contributed by atoms with van der Waals surface area (Å²) in [6.45, 7) is 1.73. The molecule has 0 saturated heterocycles. The highest BCUT2D eigenvalue weighted by Gasteiger charge is 2.18. The maximum absolute atomic E-state index is 12.4. The second kappa shape index (κ2) is 10.1. The molecular weight excluding hydrogens is 388 g/mol. The molecule has 6 nitrogen and oxygen atoms in total. The fraction of sp³-hybridized carbons (Fsp3) is 0.263. The number of rotatable bonds is 8. The summed E-state index contributed by atoms with van der Waals surface area (Å²) in [6, 6.07) is 12.1. The number of carbonyl (C=O) groups is 2. The largest absolute Gasteiger partial charge is 0.495 e. The van der Waals surface area contributed by atoms with Crippen LogP contribution in [0.15, 0.2) is 42.5 Å². The van der Waals surface area contributed by atoms with Crippen molar-refractivity contribution >= 4 is 46.6 Å². The van der Waals surface area contributed by atoms with Crippen LogP contribution in [0.5, 0.6) is 11.5 Å². The second-order valence-corrected chi connectivity index (χ2v) is 7.30. The fourth-order valence-electron chi connectivity index (χ4n) is 2.22. The van der Waals surface area contributed by atoms with Crippen LogP contribution in [0.3, 0.4) is 0 Å². The molecule has 0 aliphatic rings. The van der Waals surface area contributed by atoms with Crippen molar-refractivity contribution in [1.82, 2.24) is 0 Å². The summed E-state index contributed by atoms with van der Waals surface area (Å²) in [4.78, 5) is 24.5. The van der Waals surface area contributed by atoms with Crippen molar-refractivity contribution in [2.24, 2.45) is 0 Å². The first-order valence-electron chi connectivity index (χ1n) is 8.13. The zero-order chi connectivity index (χ0) is 19.8. The molecule has 1 atom stereocenters. The Balaban J connectivity index is 1.89. The third-order valence-corrected chi connectivity index (χ3v) is 5.01. The molecule has 0 heterocycles. The van der Waals surface area contributed by atoms with Gasteiger partial charge in [-0.15, -0.1) is 11.8 Å². The number of benzene rings is 2. The van der Waals surface area contributed by atoms with Crippen LogP contribution < -0.4 is 20.1 Å². The molecule has 2 amide bonds. The topological polar surface area (TPSA) is 76.7 Å². The van der Waals surface area contributed by atoms with Crippen molar-refractivity contribution in [2.45, 2.75) is 12.2 Å². The van der Waals surface area contributed by atoms with Crippen molar-refractivity contribution < 1.29 is 19.1 Å². The molecule has 0 aliphatic carbocycles. The highest BCUT2D eigenvalue weighted by atomic mass is 35.5. The number of hydrogen-bond acceptors (Lipinski definition) is 5. The Labute approximate surface area is 167 Å². The Morgan fingerprint density at radius 1 is 1.04 bits per heavy atom. The standard InChI is InChI=1S/C19H21ClN2O4S/c1-12(19(24)22-15-10-13(20)8-9-17(15)26-3)27-11-18(23)21-14-6-4-5-7-16(14)25-2/h4-10,12H,11H2,1-3H3,(H,21,23)(H,22,24). The molecule has 0 fully saturated rings. The van der Waals surface area contributed by atoms with E-state index in [4.69, 9.17) is 21.1 Å². The lowest BCUT2D eigenvalue weighted by molar-refractivity contribution is -0.115. The van der Waals surface area contributed by atoms with Crippen LogP contribution in [0, 0.1) is 0 Å². The number of hydrogen-bond donors (Lipinski definition) is 2. The van der Waals surface area contributed by atoms with Crippen LogP contribution in [0.25, 0.3) is 0 Å². The third kappa shape index (κ3) is 6.08. The zero-order valence-electron chi connectivity index (χ0n) is 15.2. The minimum absolute atomic E-state index is 0.124. The second-order valence-electron chi connectivity index (χ2n) is 5.54. The molecule has 144 valence electrons. The summed E-state index contributed by atoms with van der Waals surface area (Å²) in [5.41, 5.74) is 1.08. The number of amides is 2. The van der Waals surface area contributed by atoms with Crippen molar-refractivity contribution in [2.75, 3.05) is 30.6 Å². The quantitative estimate of drug-likeness (QED) is 0.688. The first-order valence-corrected chi connectivity index (χ1v) is 9.56. The average Bonchev–Trinajstić information content (AvgIpc) is 2.66. The summed E-state index contributed by atoms with van der Waals surface area (Å²) in [7, 11) is 3.05. The molecule has 2 N–H and O–H groups in total. The molecule has 8 heteroatoms. The Morgan fingerprint density at radius 3 is 2.41 bits per heavy atom. The van der Waals surface area contributed by atoms with Gasteiger partial charge in [-0.3, -0.25) is 9.59 Å². The van der Waals surface area contributed by atoms with E-state index in [0.29, 0.717) is 27.9 Å². The van der Waals surface area contributed by atoms with Crippen molar-refractivity contribution in [3.63, 3.8) is 0 Å². The molecule has 2 rings (SSSR count). The Bertz CT molecular complexity index is 816. The van der Waals surface area contributed by atoms with Gasteiger partial charge in [-0.05, 0) is 37.3 Å². The molecule has 0 saturated carbocycles. The monoisotopic (exact) mass is 408 g/mol. The number of ether oxygens (including phenoxy) is 2. The third-order valence-electron chi connectivity index (χ3n) is 3.63. The van der Waals surface area contributed by atoms with E-state index in [9.17, 15) is 9.59 Å². The predicted molar refractivity (Wildman–Crippen MR) is 110 cm³/mol. The molecular formula is C19H21ClN2O4S. The van der Waals surface area contributed by atoms with Gasteiger partial charge in [-0.2, -0.15) is 0 Å². The van der Waals surface area contributed by atoms with Gasteiger partial charge in [0.05, 0.1) is 36.6 Å². The highest BCUT2D eigenvalue weighted by Crippen LogP contribution is 2.28.